The van der Waals surface area contributed by atoms with Crippen LogP contribution in [0.25, 0.3) is 5.57 Å². The van der Waals surface area contributed by atoms with E-state index in [-0.39, 0.29) is 0 Å². The van der Waals surface area contributed by atoms with Gasteiger partial charge < -0.3 is 14.2 Å². The molecule has 0 amide bonds. The Morgan fingerprint density at radius 3 is 2.36 bits per heavy atom. The van der Waals surface area contributed by atoms with Gasteiger partial charge in [0, 0.05) is 12.1 Å². The fourth-order valence-electron chi connectivity index (χ4n) is 2.42. The molecule has 2 rings (SSSR count). The van der Waals surface area contributed by atoms with E-state index in [1.165, 1.54) is 0 Å². The summed E-state index contributed by atoms with van der Waals surface area (Å²) in [6.45, 7) is 7.07. The summed E-state index contributed by atoms with van der Waals surface area (Å²) in [5.41, 5.74) is 3.20. The van der Waals surface area contributed by atoms with Crippen molar-refractivity contribution in [2.24, 2.45) is 0 Å². The van der Waals surface area contributed by atoms with Gasteiger partial charge in [-0.1, -0.05) is 36.4 Å². The lowest BCUT2D eigenvalue weighted by molar-refractivity contribution is 0.239. The number of halogens is 1. The lowest BCUT2D eigenvalue weighted by Crippen LogP contribution is -2.03. The van der Waals surface area contributed by atoms with E-state index in [2.05, 4.69) is 6.58 Å². The molecular formula is C21H23ClO3. The van der Waals surface area contributed by atoms with Gasteiger partial charge in [0.1, 0.15) is 24.7 Å². The summed E-state index contributed by atoms with van der Waals surface area (Å²) in [5, 5.41) is 0.684. The second-order valence-electron chi connectivity index (χ2n) is 5.41. The highest BCUT2D eigenvalue weighted by Crippen LogP contribution is 2.25. The van der Waals surface area contributed by atoms with Gasteiger partial charge in [-0.3, -0.25) is 0 Å². The third-order valence-electron chi connectivity index (χ3n) is 3.65. The highest BCUT2D eigenvalue weighted by molar-refractivity contribution is 6.30. The van der Waals surface area contributed by atoms with Crippen molar-refractivity contribution in [2.45, 2.75) is 13.5 Å². The van der Waals surface area contributed by atoms with Gasteiger partial charge in [-0.05, 0) is 60.0 Å². The number of allylic oxidation sites excluding steroid dienone is 1. The third kappa shape index (κ3) is 5.66. The average molecular weight is 359 g/mol. The van der Waals surface area contributed by atoms with E-state index in [9.17, 15) is 0 Å². The van der Waals surface area contributed by atoms with Crippen molar-refractivity contribution < 1.29 is 14.2 Å². The second kappa shape index (κ2) is 9.92. The summed E-state index contributed by atoms with van der Waals surface area (Å²) < 4.78 is 16.7. The number of rotatable bonds is 9. The lowest BCUT2D eigenvalue weighted by Gasteiger charge is -2.14. The molecular weight excluding hydrogens is 336 g/mol. The average Bonchev–Trinajstić information content (AvgIpc) is 2.64. The van der Waals surface area contributed by atoms with E-state index >= 15 is 0 Å². The molecule has 0 aliphatic carbocycles. The van der Waals surface area contributed by atoms with Crippen molar-refractivity contribution >= 4 is 17.2 Å². The maximum atomic E-state index is 6.16. The van der Waals surface area contributed by atoms with Gasteiger partial charge in [0.2, 0.25) is 0 Å². The first-order chi connectivity index (χ1) is 12.2. The Bertz CT molecular complexity index is 720. The minimum Gasteiger partial charge on any atom is -0.490 e. The smallest absolute Gasteiger partial charge is 0.120 e. The quantitative estimate of drug-likeness (QED) is 0.551. The van der Waals surface area contributed by atoms with Crippen LogP contribution in [0.2, 0.25) is 5.02 Å². The van der Waals surface area contributed by atoms with Gasteiger partial charge >= 0.3 is 0 Å². The summed E-state index contributed by atoms with van der Waals surface area (Å²) >= 11 is 6.16. The zero-order chi connectivity index (χ0) is 18.1. The van der Waals surface area contributed by atoms with Crippen molar-refractivity contribution in [3.05, 3.63) is 77.3 Å². The SMILES string of the molecule is C=CCOc1ccc(OCc2cc(Cl)ccc2/C(=C\C)COC)cc1. The fourth-order valence-corrected chi connectivity index (χ4v) is 2.61. The molecule has 0 fully saturated rings. The van der Waals surface area contributed by atoms with Crippen molar-refractivity contribution in [1.82, 2.24) is 0 Å². The second-order valence-corrected chi connectivity index (χ2v) is 5.84. The number of hydrogen-bond acceptors (Lipinski definition) is 3. The molecule has 0 aliphatic heterocycles. The molecule has 0 saturated heterocycles. The summed E-state index contributed by atoms with van der Waals surface area (Å²) in [7, 11) is 1.69. The zero-order valence-corrected chi connectivity index (χ0v) is 15.4. The molecule has 3 nitrogen and oxygen atoms in total. The molecule has 0 aromatic heterocycles. The van der Waals surface area contributed by atoms with Crippen LogP contribution in [0.1, 0.15) is 18.1 Å². The van der Waals surface area contributed by atoms with E-state index in [0.29, 0.717) is 24.8 Å². The first-order valence-electron chi connectivity index (χ1n) is 8.07. The first kappa shape index (κ1) is 19.1. The normalized spacial score (nSPS) is 11.2. The Balaban J connectivity index is 2.11. The van der Waals surface area contributed by atoms with Gasteiger partial charge in [0.15, 0.2) is 0 Å². The number of methoxy groups -OCH3 is 1. The summed E-state index contributed by atoms with van der Waals surface area (Å²) in [5.74, 6) is 1.55. The number of hydrogen-bond donors (Lipinski definition) is 0. The largest absolute Gasteiger partial charge is 0.490 e. The highest BCUT2D eigenvalue weighted by atomic mass is 35.5. The molecule has 0 saturated carbocycles. The third-order valence-corrected chi connectivity index (χ3v) is 3.88. The van der Waals surface area contributed by atoms with Crippen molar-refractivity contribution in [3.63, 3.8) is 0 Å². The highest BCUT2D eigenvalue weighted by Gasteiger charge is 2.09. The first-order valence-corrected chi connectivity index (χ1v) is 8.45. The predicted octanol–water partition coefficient (Wildman–Crippen LogP) is 5.53. The lowest BCUT2D eigenvalue weighted by atomic mass is 10.0. The Morgan fingerprint density at radius 2 is 1.76 bits per heavy atom. The number of benzene rings is 2. The molecule has 0 radical (unpaired) electrons. The molecule has 0 heterocycles. The molecule has 2 aromatic rings. The van der Waals surface area contributed by atoms with Crippen LogP contribution >= 0.6 is 11.6 Å². The van der Waals surface area contributed by atoms with E-state index in [0.717, 1.165) is 28.2 Å². The van der Waals surface area contributed by atoms with Crippen LogP contribution in [0.15, 0.2) is 61.2 Å². The maximum Gasteiger partial charge on any atom is 0.120 e. The van der Waals surface area contributed by atoms with Crippen molar-refractivity contribution in [2.75, 3.05) is 20.3 Å². The van der Waals surface area contributed by atoms with E-state index in [1.54, 1.807) is 13.2 Å². The molecule has 0 aliphatic rings. The van der Waals surface area contributed by atoms with Gasteiger partial charge in [-0.15, -0.1) is 0 Å². The minimum atomic E-state index is 0.420. The fraction of sp³-hybridized carbons (Fsp3) is 0.238. The zero-order valence-electron chi connectivity index (χ0n) is 14.6. The summed E-state index contributed by atoms with van der Waals surface area (Å²) in [4.78, 5) is 0. The Labute approximate surface area is 154 Å². The summed E-state index contributed by atoms with van der Waals surface area (Å²) in [6, 6.07) is 13.3. The Kier molecular flexibility index (Phi) is 7.58. The molecule has 0 unspecified atom stereocenters. The monoisotopic (exact) mass is 358 g/mol. The molecule has 0 bridgehead atoms. The maximum absolute atomic E-state index is 6.16. The topological polar surface area (TPSA) is 27.7 Å². The van der Waals surface area contributed by atoms with Crippen LogP contribution in [0.4, 0.5) is 0 Å². The molecule has 2 aromatic carbocycles. The summed E-state index contributed by atoms with van der Waals surface area (Å²) in [6.07, 6.45) is 3.76. The van der Waals surface area contributed by atoms with Crippen LogP contribution in [-0.2, 0) is 11.3 Å². The Hall–Kier alpha value is -2.23. The molecule has 25 heavy (non-hydrogen) atoms. The van der Waals surface area contributed by atoms with Crippen LogP contribution in [0.5, 0.6) is 11.5 Å². The van der Waals surface area contributed by atoms with Gasteiger partial charge in [0.25, 0.3) is 0 Å². The van der Waals surface area contributed by atoms with Crippen LogP contribution in [-0.4, -0.2) is 20.3 Å². The van der Waals surface area contributed by atoms with Gasteiger partial charge in [0.05, 0.1) is 6.61 Å². The van der Waals surface area contributed by atoms with E-state index in [1.807, 2.05) is 55.5 Å². The van der Waals surface area contributed by atoms with Gasteiger partial charge in [-0.25, -0.2) is 0 Å². The van der Waals surface area contributed by atoms with Crippen molar-refractivity contribution in [1.29, 1.82) is 0 Å². The minimum absolute atomic E-state index is 0.420. The molecule has 0 atom stereocenters. The molecule has 4 heteroatoms. The van der Waals surface area contributed by atoms with Crippen LogP contribution < -0.4 is 9.47 Å². The standard InChI is InChI=1S/C21H23ClO3/c1-4-12-24-19-7-9-20(10-8-19)25-15-17-13-18(22)6-11-21(17)16(5-2)14-23-3/h4-11,13H,1,12,14-15H2,2-3H3/b16-5-. The van der Waals surface area contributed by atoms with E-state index in [4.69, 9.17) is 25.8 Å². The Morgan fingerprint density at radius 1 is 1.08 bits per heavy atom. The molecule has 132 valence electrons. The molecule has 0 spiro atoms. The van der Waals surface area contributed by atoms with Crippen molar-refractivity contribution in [3.8, 4) is 11.5 Å². The van der Waals surface area contributed by atoms with Crippen LogP contribution in [0, 0.1) is 0 Å². The van der Waals surface area contributed by atoms with Gasteiger partial charge in [-0.2, -0.15) is 0 Å². The predicted molar refractivity (Wildman–Crippen MR) is 103 cm³/mol. The van der Waals surface area contributed by atoms with E-state index < -0.39 is 0 Å². The number of ether oxygens (including phenoxy) is 3. The molecule has 0 N–H and O–H groups in total. The van der Waals surface area contributed by atoms with Crippen LogP contribution in [0.3, 0.4) is 0 Å².